The summed E-state index contributed by atoms with van der Waals surface area (Å²) in [5.74, 6) is -0.582. The zero-order valence-electron chi connectivity index (χ0n) is 16.5. The average molecular weight is 455 g/mol. The van der Waals surface area contributed by atoms with Gasteiger partial charge in [-0.2, -0.15) is 5.10 Å². The van der Waals surface area contributed by atoms with Gasteiger partial charge in [-0.1, -0.05) is 53.6 Å². The standard InChI is InChI=1S/C23H19ClN2O4S/c1-16-2-9-20(10-3-16)31(29,30)13-12-17-4-6-18(7-5-17)15-25-26-23(28)19-8-11-22(27)21(24)14-19/h2-15,27H,1H3,(H,26,28). The second kappa shape index (κ2) is 9.59. The molecule has 0 atom stereocenters. The minimum atomic E-state index is -3.52. The van der Waals surface area contributed by atoms with Gasteiger partial charge in [-0.3, -0.25) is 4.79 Å². The molecule has 2 N–H and O–H groups in total. The quantitative estimate of drug-likeness (QED) is 0.421. The maximum absolute atomic E-state index is 12.4. The van der Waals surface area contributed by atoms with Gasteiger partial charge in [-0.15, -0.1) is 0 Å². The van der Waals surface area contributed by atoms with Crippen LogP contribution in [0.5, 0.6) is 5.75 Å². The third-order valence-corrected chi connectivity index (χ3v) is 6.04. The molecule has 0 aliphatic carbocycles. The molecule has 0 aliphatic heterocycles. The van der Waals surface area contributed by atoms with Gasteiger partial charge in [0.1, 0.15) is 5.75 Å². The summed E-state index contributed by atoms with van der Waals surface area (Å²) in [6, 6.07) is 17.7. The van der Waals surface area contributed by atoms with Crippen LogP contribution >= 0.6 is 11.6 Å². The molecular formula is C23H19ClN2O4S. The van der Waals surface area contributed by atoms with Crippen molar-refractivity contribution in [1.29, 1.82) is 0 Å². The zero-order valence-corrected chi connectivity index (χ0v) is 18.1. The third-order valence-electron chi connectivity index (χ3n) is 4.32. The number of nitrogens with zero attached hydrogens (tertiary/aromatic N) is 1. The molecule has 0 radical (unpaired) electrons. The lowest BCUT2D eigenvalue weighted by Crippen LogP contribution is -2.17. The summed E-state index contributed by atoms with van der Waals surface area (Å²) in [5.41, 5.74) is 5.04. The van der Waals surface area contributed by atoms with Crippen molar-refractivity contribution in [3.05, 3.63) is 99.4 Å². The van der Waals surface area contributed by atoms with Crippen LogP contribution in [0.4, 0.5) is 0 Å². The van der Waals surface area contributed by atoms with E-state index in [-0.39, 0.29) is 21.2 Å². The number of halogens is 1. The second-order valence-electron chi connectivity index (χ2n) is 6.69. The highest BCUT2D eigenvalue weighted by atomic mass is 35.5. The van der Waals surface area contributed by atoms with Crippen LogP contribution in [0.1, 0.15) is 27.0 Å². The Bertz CT molecular complexity index is 1250. The van der Waals surface area contributed by atoms with Crippen LogP contribution in [0, 0.1) is 6.92 Å². The molecule has 31 heavy (non-hydrogen) atoms. The normalized spacial score (nSPS) is 11.8. The predicted octanol–water partition coefficient (Wildman–Crippen LogP) is 4.56. The van der Waals surface area contributed by atoms with Crippen LogP contribution in [0.25, 0.3) is 6.08 Å². The number of nitrogens with one attached hydrogen (secondary N) is 1. The van der Waals surface area contributed by atoms with E-state index in [1.54, 1.807) is 48.5 Å². The maximum atomic E-state index is 12.4. The summed E-state index contributed by atoms with van der Waals surface area (Å²) in [4.78, 5) is 12.3. The van der Waals surface area contributed by atoms with Crippen molar-refractivity contribution in [2.75, 3.05) is 0 Å². The summed E-state index contributed by atoms with van der Waals surface area (Å²) >= 11 is 5.79. The summed E-state index contributed by atoms with van der Waals surface area (Å²) in [6.07, 6.45) is 2.98. The topological polar surface area (TPSA) is 95.8 Å². The molecule has 0 fully saturated rings. The number of hydrogen-bond donors (Lipinski definition) is 2. The summed E-state index contributed by atoms with van der Waals surface area (Å²) < 4.78 is 24.8. The zero-order chi connectivity index (χ0) is 22.4. The Balaban J connectivity index is 1.62. The molecule has 0 aromatic heterocycles. The molecule has 0 saturated carbocycles. The molecule has 6 nitrogen and oxygen atoms in total. The van der Waals surface area contributed by atoms with Crippen molar-refractivity contribution in [3.8, 4) is 5.75 Å². The number of rotatable bonds is 6. The fourth-order valence-corrected chi connectivity index (χ4v) is 3.74. The Morgan fingerprint density at radius 2 is 1.65 bits per heavy atom. The van der Waals surface area contributed by atoms with Gasteiger partial charge >= 0.3 is 0 Å². The van der Waals surface area contributed by atoms with Gasteiger partial charge in [0, 0.05) is 11.0 Å². The van der Waals surface area contributed by atoms with E-state index in [9.17, 15) is 18.3 Å². The number of phenols is 1. The Kier molecular flexibility index (Phi) is 6.89. The lowest BCUT2D eigenvalue weighted by Gasteiger charge is -2.02. The maximum Gasteiger partial charge on any atom is 0.271 e. The number of hydrazone groups is 1. The number of amides is 1. The highest BCUT2D eigenvalue weighted by molar-refractivity contribution is 7.94. The monoisotopic (exact) mass is 454 g/mol. The Hall–Kier alpha value is -3.42. The van der Waals surface area contributed by atoms with Crippen molar-refractivity contribution in [3.63, 3.8) is 0 Å². The first-order valence-electron chi connectivity index (χ1n) is 9.16. The van der Waals surface area contributed by atoms with E-state index in [2.05, 4.69) is 10.5 Å². The van der Waals surface area contributed by atoms with E-state index in [0.29, 0.717) is 11.1 Å². The molecule has 0 aliphatic rings. The van der Waals surface area contributed by atoms with Crippen LogP contribution in [0.2, 0.25) is 5.02 Å². The fraction of sp³-hybridized carbons (Fsp3) is 0.0435. The van der Waals surface area contributed by atoms with Gasteiger partial charge in [-0.05, 0) is 54.5 Å². The lowest BCUT2D eigenvalue weighted by molar-refractivity contribution is 0.0955. The first-order chi connectivity index (χ1) is 14.7. The molecule has 0 unspecified atom stereocenters. The number of phenolic OH excluding ortho intramolecular Hbond substituents is 1. The summed E-state index contributed by atoms with van der Waals surface area (Å²) in [6.45, 7) is 1.89. The molecule has 0 spiro atoms. The van der Waals surface area contributed by atoms with E-state index in [4.69, 9.17) is 11.6 Å². The third kappa shape index (κ3) is 6.04. The van der Waals surface area contributed by atoms with Crippen molar-refractivity contribution in [1.82, 2.24) is 5.43 Å². The van der Waals surface area contributed by atoms with Gasteiger partial charge in [0.15, 0.2) is 9.84 Å². The van der Waals surface area contributed by atoms with Crippen LogP contribution in [-0.2, 0) is 9.84 Å². The van der Waals surface area contributed by atoms with Crippen LogP contribution in [0.3, 0.4) is 0 Å². The molecule has 0 bridgehead atoms. The first-order valence-corrected chi connectivity index (χ1v) is 11.1. The number of aryl methyl sites for hydroxylation is 1. The minimum absolute atomic E-state index is 0.0738. The molecule has 3 aromatic rings. The van der Waals surface area contributed by atoms with E-state index in [1.165, 1.54) is 35.9 Å². The molecule has 0 heterocycles. The Morgan fingerprint density at radius 1 is 1.00 bits per heavy atom. The number of carbonyl (C=O) groups is 1. The molecule has 3 aromatic carbocycles. The lowest BCUT2D eigenvalue weighted by atomic mass is 10.1. The summed E-state index contributed by atoms with van der Waals surface area (Å²) in [7, 11) is -3.52. The van der Waals surface area contributed by atoms with Crippen molar-refractivity contribution < 1.29 is 18.3 Å². The molecule has 158 valence electrons. The van der Waals surface area contributed by atoms with Gasteiger partial charge < -0.3 is 5.11 Å². The highest BCUT2D eigenvalue weighted by Gasteiger charge is 2.09. The SMILES string of the molecule is Cc1ccc(S(=O)(=O)C=Cc2ccc(C=NNC(=O)c3ccc(O)c(Cl)c3)cc2)cc1. The number of hydrogen-bond acceptors (Lipinski definition) is 5. The molecular weight excluding hydrogens is 436 g/mol. The van der Waals surface area contributed by atoms with E-state index < -0.39 is 15.7 Å². The smallest absolute Gasteiger partial charge is 0.271 e. The van der Waals surface area contributed by atoms with Gasteiger partial charge in [0.2, 0.25) is 0 Å². The molecule has 8 heteroatoms. The number of sulfone groups is 1. The van der Waals surface area contributed by atoms with Crippen LogP contribution < -0.4 is 5.43 Å². The molecule has 0 saturated heterocycles. The highest BCUT2D eigenvalue weighted by Crippen LogP contribution is 2.23. The number of carbonyl (C=O) groups excluding carboxylic acids is 1. The number of aromatic hydroxyl groups is 1. The second-order valence-corrected chi connectivity index (χ2v) is 8.93. The molecule has 1 amide bonds. The summed E-state index contributed by atoms with van der Waals surface area (Å²) in [5, 5.41) is 14.5. The van der Waals surface area contributed by atoms with Gasteiger partial charge in [-0.25, -0.2) is 13.8 Å². The van der Waals surface area contributed by atoms with E-state index in [0.717, 1.165) is 5.56 Å². The predicted molar refractivity (Wildman–Crippen MR) is 122 cm³/mol. The van der Waals surface area contributed by atoms with Crippen molar-refractivity contribution in [2.24, 2.45) is 5.10 Å². The largest absolute Gasteiger partial charge is 0.506 e. The minimum Gasteiger partial charge on any atom is -0.506 e. The Labute approximate surface area is 185 Å². The fourth-order valence-electron chi connectivity index (χ4n) is 2.55. The Morgan fingerprint density at radius 3 is 2.29 bits per heavy atom. The van der Waals surface area contributed by atoms with Gasteiger partial charge in [0.05, 0.1) is 16.1 Å². The van der Waals surface area contributed by atoms with Crippen LogP contribution in [-0.4, -0.2) is 25.6 Å². The molecule has 3 rings (SSSR count). The van der Waals surface area contributed by atoms with Crippen molar-refractivity contribution in [2.45, 2.75) is 11.8 Å². The van der Waals surface area contributed by atoms with E-state index >= 15 is 0 Å². The first kappa shape index (κ1) is 22.3. The van der Waals surface area contributed by atoms with Crippen molar-refractivity contribution >= 4 is 39.6 Å². The van der Waals surface area contributed by atoms with E-state index in [1.807, 2.05) is 6.92 Å². The van der Waals surface area contributed by atoms with Crippen LogP contribution in [0.15, 0.2) is 82.1 Å². The van der Waals surface area contributed by atoms with Gasteiger partial charge in [0.25, 0.3) is 5.91 Å². The number of benzene rings is 3. The average Bonchev–Trinajstić information content (AvgIpc) is 2.75.